The summed E-state index contributed by atoms with van der Waals surface area (Å²) in [4.78, 5) is 18.3. The van der Waals surface area contributed by atoms with E-state index in [0.29, 0.717) is 0 Å². The Morgan fingerprint density at radius 1 is 1.19 bits per heavy atom. The molecular formula is C20H23N5O2. The molecule has 0 radical (unpaired) electrons. The highest BCUT2D eigenvalue weighted by Gasteiger charge is 2.15. The lowest BCUT2D eigenvalue weighted by Crippen LogP contribution is -2.32. The van der Waals surface area contributed by atoms with Crippen molar-refractivity contribution in [3.05, 3.63) is 66.7 Å². The molecule has 0 saturated heterocycles. The Morgan fingerprint density at radius 2 is 1.89 bits per heavy atom. The van der Waals surface area contributed by atoms with Crippen LogP contribution in [0.2, 0.25) is 0 Å². The number of hydrogen-bond donors (Lipinski definition) is 1. The molecule has 0 aliphatic carbocycles. The van der Waals surface area contributed by atoms with Gasteiger partial charge in [0.05, 0.1) is 19.3 Å². The van der Waals surface area contributed by atoms with Crippen molar-refractivity contribution in [1.82, 2.24) is 19.7 Å². The number of methoxy groups -OCH3 is 1. The van der Waals surface area contributed by atoms with Crippen molar-refractivity contribution in [2.45, 2.75) is 13.0 Å². The number of likely N-dealkylation sites (N-methyl/N-ethyl adjacent to an activating group) is 1. The standard InChI is InChI=1S/C20H23N5O2/c1-15(16-4-8-18(9-5-16)25-14-21-13-22-25)24(2)12-20(26)23-17-6-10-19(27-3)11-7-17/h4-11,13-15H,12H2,1-3H3,(H,23,26). The minimum absolute atomic E-state index is 0.0613. The van der Waals surface area contributed by atoms with E-state index >= 15 is 0 Å². The Kier molecular flexibility index (Phi) is 5.83. The zero-order chi connectivity index (χ0) is 19.2. The van der Waals surface area contributed by atoms with E-state index in [-0.39, 0.29) is 18.5 Å². The van der Waals surface area contributed by atoms with E-state index in [1.807, 2.05) is 60.5 Å². The third kappa shape index (κ3) is 4.71. The fourth-order valence-corrected chi connectivity index (χ4v) is 2.74. The van der Waals surface area contributed by atoms with Gasteiger partial charge in [-0.3, -0.25) is 9.69 Å². The van der Waals surface area contributed by atoms with Crippen molar-refractivity contribution in [2.24, 2.45) is 0 Å². The molecule has 2 aromatic carbocycles. The molecule has 1 aromatic heterocycles. The van der Waals surface area contributed by atoms with Crippen LogP contribution in [0.3, 0.4) is 0 Å². The lowest BCUT2D eigenvalue weighted by Gasteiger charge is -2.24. The average Bonchev–Trinajstić information content (AvgIpc) is 3.23. The van der Waals surface area contributed by atoms with Gasteiger partial charge in [0.15, 0.2) is 0 Å². The molecule has 0 spiro atoms. The maximum Gasteiger partial charge on any atom is 0.238 e. The van der Waals surface area contributed by atoms with Crippen LogP contribution in [0.15, 0.2) is 61.2 Å². The largest absolute Gasteiger partial charge is 0.497 e. The number of benzene rings is 2. The maximum atomic E-state index is 12.3. The van der Waals surface area contributed by atoms with Gasteiger partial charge in [-0.15, -0.1) is 0 Å². The van der Waals surface area contributed by atoms with Gasteiger partial charge in [0.1, 0.15) is 18.4 Å². The molecule has 1 unspecified atom stereocenters. The van der Waals surface area contributed by atoms with Gasteiger partial charge in [0, 0.05) is 11.7 Å². The summed E-state index contributed by atoms with van der Waals surface area (Å²) in [5.41, 5.74) is 2.82. The van der Waals surface area contributed by atoms with E-state index < -0.39 is 0 Å². The first-order valence-electron chi connectivity index (χ1n) is 8.66. The predicted octanol–water partition coefficient (Wildman–Crippen LogP) is 2.91. The molecule has 7 heteroatoms. The molecule has 140 valence electrons. The van der Waals surface area contributed by atoms with E-state index in [1.54, 1.807) is 18.1 Å². The van der Waals surface area contributed by atoms with Crippen molar-refractivity contribution in [3.63, 3.8) is 0 Å². The van der Waals surface area contributed by atoms with Gasteiger partial charge in [-0.1, -0.05) is 12.1 Å². The summed E-state index contributed by atoms with van der Waals surface area (Å²) in [5.74, 6) is 0.696. The van der Waals surface area contributed by atoms with Crippen LogP contribution < -0.4 is 10.1 Å². The van der Waals surface area contributed by atoms with Crippen LogP contribution in [0.4, 0.5) is 5.69 Å². The highest BCUT2D eigenvalue weighted by molar-refractivity contribution is 5.92. The third-order valence-corrected chi connectivity index (χ3v) is 4.49. The lowest BCUT2D eigenvalue weighted by atomic mass is 10.1. The normalized spacial score (nSPS) is 12.0. The van der Waals surface area contributed by atoms with Crippen molar-refractivity contribution in [3.8, 4) is 11.4 Å². The molecule has 1 N–H and O–H groups in total. The molecule has 27 heavy (non-hydrogen) atoms. The molecule has 1 atom stereocenters. The number of carbonyl (C=O) groups excluding carboxylic acids is 1. The van der Waals surface area contributed by atoms with Crippen LogP contribution >= 0.6 is 0 Å². The minimum Gasteiger partial charge on any atom is -0.497 e. The number of anilines is 1. The van der Waals surface area contributed by atoms with Gasteiger partial charge in [0.2, 0.25) is 5.91 Å². The van der Waals surface area contributed by atoms with E-state index in [0.717, 1.165) is 22.7 Å². The molecule has 1 amide bonds. The SMILES string of the molecule is COc1ccc(NC(=O)CN(C)C(C)c2ccc(-n3cncn3)cc2)cc1. The van der Waals surface area contributed by atoms with E-state index in [9.17, 15) is 4.79 Å². The predicted molar refractivity (Wildman–Crippen MR) is 104 cm³/mol. The summed E-state index contributed by atoms with van der Waals surface area (Å²) in [5, 5.41) is 7.02. The zero-order valence-electron chi connectivity index (χ0n) is 15.7. The molecule has 0 fully saturated rings. The second kappa shape index (κ2) is 8.46. The van der Waals surface area contributed by atoms with E-state index in [2.05, 4.69) is 22.3 Å². The molecule has 0 saturated carbocycles. The number of ether oxygens (including phenoxy) is 1. The highest BCUT2D eigenvalue weighted by Crippen LogP contribution is 2.20. The molecule has 0 aliphatic rings. The van der Waals surface area contributed by atoms with Gasteiger partial charge in [-0.05, 0) is 55.9 Å². The van der Waals surface area contributed by atoms with Crippen LogP contribution in [0.1, 0.15) is 18.5 Å². The van der Waals surface area contributed by atoms with Crippen LogP contribution in [0, 0.1) is 0 Å². The average molecular weight is 365 g/mol. The van der Waals surface area contributed by atoms with Gasteiger partial charge in [-0.2, -0.15) is 5.10 Å². The number of carbonyl (C=O) groups is 1. The molecule has 7 nitrogen and oxygen atoms in total. The van der Waals surface area contributed by atoms with Gasteiger partial charge in [0.25, 0.3) is 0 Å². The van der Waals surface area contributed by atoms with Crippen LogP contribution in [0.5, 0.6) is 5.75 Å². The lowest BCUT2D eigenvalue weighted by molar-refractivity contribution is -0.117. The molecular weight excluding hydrogens is 342 g/mol. The van der Waals surface area contributed by atoms with Gasteiger partial charge < -0.3 is 10.1 Å². The van der Waals surface area contributed by atoms with Crippen LogP contribution in [0.25, 0.3) is 5.69 Å². The molecule has 1 heterocycles. The summed E-state index contributed by atoms with van der Waals surface area (Å²) < 4.78 is 6.83. The van der Waals surface area contributed by atoms with Crippen LogP contribution in [-0.4, -0.2) is 46.3 Å². The number of nitrogens with one attached hydrogen (secondary N) is 1. The summed E-state index contributed by atoms with van der Waals surface area (Å²) in [7, 11) is 3.55. The molecule has 3 aromatic rings. The summed E-state index contributed by atoms with van der Waals surface area (Å²) >= 11 is 0. The van der Waals surface area contributed by atoms with Crippen LogP contribution in [-0.2, 0) is 4.79 Å². The highest BCUT2D eigenvalue weighted by atomic mass is 16.5. The Labute approximate surface area is 158 Å². The van der Waals surface area contributed by atoms with Crippen molar-refractivity contribution < 1.29 is 9.53 Å². The summed E-state index contributed by atoms with van der Waals surface area (Å²) in [6.45, 7) is 2.36. The first-order chi connectivity index (χ1) is 13.1. The Balaban J connectivity index is 1.57. The summed E-state index contributed by atoms with van der Waals surface area (Å²) in [6.07, 6.45) is 3.17. The van der Waals surface area contributed by atoms with Crippen molar-refractivity contribution in [2.75, 3.05) is 26.0 Å². The molecule has 0 bridgehead atoms. The maximum absolute atomic E-state index is 12.3. The third-order valence-electron chi connectivity index (χ3n) is 4.49. The van der Waals surface area contributed by atoms with Gasteiger partial charge in [-0.25, -0.2) is 9.67 Å². The fourth-order valence-electron chi connectivity index (χ4n) is 2.74. The number of hydrogen-bond acceptors (Lipinski definition) is 5. The fraction of sp³-hybridized carbons (Fsp3) is 0.250. The molecule has 0 aliphatic heterocycles. The monoisotopic (exact) mass is 365 g/mol. The Hall–Kier alpha value is -3.19. The number of amides is 1. The smallest absolute Gasteiger partial charge is 0.238 e. The molecule has 3 rings (SSSR count). The first kappa shape index (κ1) is 18.6. The second-order valence-electron chi connectivity index (χ2n) is 6.30. The number of aromatic nitrogens is 3. The van der Waals surface area contributed by atoms with Crippen molar-refractivity contribution in [1.29, 1.82) is 0 Å². The quantitative estimate of drug-likeness (QED) is 0.697. The number of rotatable bonds is 7. The second-order valence-corrected chi connectivity index (χ2v) is 6.30. The van der Waals surface area contributed by atoms with Crippen molar-refractivity contribution >= 4 is 11.6 Å². The Bertz CT molecular complexity index is 860. The van der Waals surface area contributed by atoms with E-state index in [4.69, 9.17) is 4.74 Å². The Morgan fingerprint density at radius 3 is 2.48 bits per heavy atom. The summed E-state index contributed by atoms with van der Waals surface area (Å²) in [6, 6.07) is 15.4. The minimum atomic E-state index is -0.0613. The van der Waals surface area contributed by atoms with Gasteiger partial charge >= 0.3 is 0 Å². The number of nitrogens with zero attached hydrogens (tertiary/aromatic N) is 4. The zero-order valence-corrected chi connectivity index (χ0v) is 15.7. The first-order valence-corrected chi connectivity index (χ1v) is 8.66. The van der Waals surface area contributed by atoms with E-state index in [1.165, 1.54) is 6.33 Å². The topological polar surface area (TPSA) is 72.3 Å².